The monoisotopic (exact) mass is 293 g/mol. The molecule has 1 aliphatic carbocycles. The number of alkyl halides is 1. The van der Waals surface area contributed by atoms with Gasteiger partial charge < -0.3 is 9.47 Å². The van der Waals surface area contributed by atoms with Gasteiger partial charge in [0.25, 0.3) is 0 Å². The first-order valence-electron chi connectivity index (χ1n) is 6.93. The molecule has 0 unspecified atom stereocenters. The minimum absolute atomic E-state index is 0.412. The molecule has 0 aromatic heterocycles. The first-order chi connectivity index (χ1) is 9.88. The van der Waals surface area contributed by atoms with Gasteiger partial charge in [-0.15, -0.1) is 0 Å². The Morgan fingerprint density at radius 2 is 1.86 bits per heavy atom. The molecule has 0 heterocycles. The van der Waals surface area contributed by atoms with Gasteiger partial charge in [-0.1, -0.05) is 0 Å². The van der Waals surface area contributed by atoms with Crippen molar-refractivity contribution in [3.63, 3.8) is 0 Å². The molecular formula is C16H20FNO3. The number of rotatable bonds is 5. The lowest BCUT2D eigenvalue weighted by molar-refractivity contribution is 0.210. The van der Waals surface area contributed by atoms with Gasteiger partial charge in [-0.05, 0) is 45.2 Å². The molecule has 4 nitrogen and oxygen atoms in total. The first kappa shape index (κ1) is 15.5. The molecule has 0 N–H and O–H groups in total. The van der Waals surface area contributed by atoms with Crippen LogP contribution in [0.4, 0.5) is 4.39 Å². The predicted octanol–water partition coefficient (Wildman–Crippen LogP) is 3.62. The Morgan fingerprint density at radius 1 is 1.24 bits per heavy atom. The van der Waals surface area contributed by atoms with Crippen molar-refractivity contribution in [3.8, 4) is 11.5 Å². The Labute approximate surface area is 124 Å². The number of ether oxygens (including phenoxy) is 2. The maximum absolute atomic E-state index is 14.3. The lowest BCUT2D eigenvalue weighted by Crippen LogP contribution is -2.32. The molecule has 0 aliphatic heterocycles. The zero-order valence-electron chi connectivity index (χ0n) is 12.8. The minimum Gasteiger partial charge on any atom is -0.496 e. The lowest BCUT2D eigenvalue weighted by Gasteiger charge is -2.38. The fraction of sp³-hybridized carbons (Fsp3) is 0.562. The quantitative estimate of drug-likeness (QED) is 0.615. The number of isocyanates is 1. The molecule has 5 heteroatoms. The summed E-state index contributed by atoms with van der Waals surface area (Å²) >= 11 is 0. The number of carbonyl (C=O) groups excluding carboxylic acids is 1. The summed E-state index contributed by atoms with van der Waals surface area (Å²) in [6.07, 6.45) is 4.13. The van der Waals surface area contributed by atoms with Crippen LogP contribution in [-0.4, -0.2) is 20.3 Å². The highest BCUT2D eigenvalue weighted by atomic mass is 19.1. The highest BCUT2D eigenvalue weighted by Gasteiger charge is 2.42. The third-order valence-corrected chi connectivity index (χ3v) is 4.10. The van der Waals surface area contributed by atoms with E-state index in [0.29, 0.717) is 17.1 Å². The summed E-state index contributed by atoms with van der Waals surface area (Å²) in [6.45, 7) is 2.93. The van der Waals surface area contributed by atoms with Gasteiger partial charge in [0.05, 0.1) is 14.2 Å². The Balaban J connectivity index is 2.65. The first-order valence-corrected chi connectivity index (χ1v) is 6.93. The van der Waals surface area contributed by atoms with E-state index in [1.54, 1.807) is 18.2 Å². The average Bonchev–Trinajstić information content (AvgIpc) is 2.40. The molecule has 1 aromatic carbocycles. The van der Waals surface area contributed by atoms with Crippen LogP contribution in [0, 0.1) is 0 Å². The number of hydrogen-bond donors (Lipinski definition) is 0. The van der Waals surface area contributed by atoms with Crippen LogP contribution in [0.25, 0.3) is 0 Å². The van der Waals surface area contributed by atoms with Crippen LogP contribution >= 0.6 is 0 Å². The van der Waals surface area contributed by atoms with Crippen molar-refractivity contribution in [1.29, 1.82) is 0 Å². The molecule has 2 rings (SSSR count). The van der Waals surface area contributed by atoms with Crippen molar-refractivity contribution in [1.82, 2.24) is 0 Å². The van der Waals surface area contributed by atoms with E-state index in [2.05, 4.69) is 4.99 Å². The molecule has 0 spiro atoms. The number of nitrogens with zero attached hydrogens (tertiary/aromatic N) is 1. The maximum Gasteiger partial charge on any atom is 0.235 e. The van der Waals surface area contributed by atoms with Crippen molar-refractivity contribution in [2.24, 2.45) is 4.99 Å². The Hall–Kier alpha value is -1.87. The fourth-order valence-corrected chi connectivity index (χ4v) is 2.77. The SMILES string of the molecule is COc1cc(C2(N=C=O)CCC2)c(OC)cc1C(C)(C)F. The van der Waals surface area contributed by atoms with Gasteiger partial charge in [0.2, 0.25) is 6.08 Å². The topological polar surface area (TPSA) is 47.9 Å². The second-order valence-corrected chi connectivity index (χ2v) is 5.81. The molecule has 1 saturated carbocycles. The molecule has 114 valence electrons. The van der Waals surface area contributed by atoms with Gasteiger partial charge in [0.15, 0.2) is 0 Å². The third kappa shape index (κ3) is 2.66. The van der Waals surface area contributed by atoms with Crippen molar-refractivity contribution in [3.05, 3.63) is 23.3 Å². The Bertz CT molecular complexity index is 582. The molecule has 0 radical (unpaired) electrons. The summed E-state index contributed by atoms with van der Waals surface area (Å²) in [5.41, 5.74) is -1.00. The van der Waals surface area contributed by atoms with E-state index in [-0.39, 0.29) is 0 Å². The van der Waals surface area contributed by atoms with Crippen molar-refractivity contribution >= 4 is 6.08 Å². The lowest BCUT2D eigenvalue weighted by atomic mass is 9.71. The van der Waals surface area contributed by atoms with E-state index in [0.717, 1.165) is 24.8 Å². The maximum atomic E-state index is 14.3. The summed E-state index contributed by atoms with van der Waals surface area (Å²) in [7, 11) is 3.02. The zero-order valence-corrected chi connectivity index (χ0v) is 12.8. The largest absolute Gasteiger partial charge is 0.496 e. The molecule has 0 saturated heterocycles. The average molecular weight is 293 g/mol. The molecule has 1 fully saturated rings. The standard InChI is InChI=1S/C16H20FNO3/c1-15(2,17)11-8-14(21-4)12(9-13(11)20-3)16(18-10-19)6-5-7-16/h8-9H,5-7H2,1-4H3. The molecule has 1 aliphatic rings. The molecule has 0 amide bonds. The highest BCUT2D eigenvalue weighted by molar-refractivity contribution is 5.53. The van der Waals surface area contributed by atoms with Crippen LogP contribution in [-0.2, 0) is 16.0 Å². The van der Waals surface area contributed by atoms with Gasteiger partial charge in [0.1, 0.15) is 22.7 Å². The number of halogens is 1. The van der Waals surface area contributed by atoms with E-state index in [4.69, 9.17) is 9.47 Å². The van der Waals surface area contributed by atoms with Gasteiger partial charge in [-0.3, -0.25) is 0 Å². The molecule has 0 atom stereocenters. The van der Waals surface area contributed by atoms with E-state index < -0.39 is 11.2 Å². The third-order valence-electron chi connectivity index (χ3n) is 4.10. The molecular weight excluding hydrogens is 273 g/mol. The normalized spacial score (nSPS) is 16.6. The van der Waals surface area contributed by atoms with E-state index >= 15 is 0 Å². The fourth-order valence-electron chi connectivity index (χ4n) is 2.77. The summed E-state index contributed by atoms with van der Waals surface area (Å²) in [6, 6.07) is 3.37. The van der Waals surface area contributed by atoms with E-state index in [1.807, 2.05) is 0 Å². The summed E-state index contributed by atoms with van der Waals surface area (Å²) < 4.78 is 25.1. The van der Waals surface area contributed by atoms with Crippen molar-refractivity contribution < 1.29 is 18.7 Å². The molecule has 1 aromatic rings. The predicted molar refractivity (Wildman–Crippen MR) is 77.3 cm³/mol. The van der Waals surface area contributed by atoms with E-state index in [9.17, 15) is 9.18 Å². The van der Waals surface area contributed by atoms with Gasteiger partial charge in [-0.2, -0.15) is 4.99 Å². The van der Waals surface area contributed by atoms with Crippen LogP contribution in [0.15, 0.2) is 17.1 Å². The smallest absolute Gasteiger partial charge is 0.235 e. The van der Waals surface area contributed by atoms with Crippen molar-refractivity contribution in [2.75, 3.05) is 14.2 Å². The number of aliphatic imine (C=N–C) groups is 1. The van der Waals surface area contributed by atoms with Gasteiger partial charge >= 0.3 is 0 Å². The van der Waals surface area contributed by atoms with Crippen LogP contribution in [0.1, 0.15) is 44.2 Å². The minimum atomic E-state index is -1.56. The molecule has 21 heavy (non-hydrogen) atoms. The van der Waals surface area contributed by atoms with Crippen LogP contribution in [0.5, 0.6) is 11.5 Å². The summed E-state index contributed by atoms with van der Waals surface area (Å²) in [5.74, 6) is 0.959. The number of hydrogen-bond acceptors (Lipinski definition) is 4. The summed E-state index contributed by atoms with van der Waals surface area (Å²) in [4.78, 5) is 14.7. The van der Waals surface area contributed by atoms with Crippen LogP contribution in [0.3, 0.4) is 0 Å². The summed E-state index contributed by atoms with van der Waals surface area (Å²) in [5, 5.41) is 0. The van der Waals surface area contributed by atoms with Gasteiger partial charge in [-0.25, -0.2) is 9.18 Å². The van der Waals surface area contributed by atoms with Crippen LogP contribution < -0.4 is 9.47 Å². The Kier molecular flexibility index (Phi) is 4.06. The second kappa shape index (κ2) is 5.49. The van der Waals surface area contributed by atoms with E-state index in [1.165, 1.54) is 28.1 Å². The Morgan fingerprint density at radius 3 is 2.24 bits per heavy atom. The molecule has 0 bridgehead atoms. The zero-order chi connectivity index (χ0) is 15.7. The van der Waals surface area contributed by atoms with Gasteiger partial charge in [0, 0.05) is 11.1 Å². The van der Waals surface area contributed by atoms with Crippen molar-refractivity contribution in [2.45, 2.75) is 44.3 Å². The highest BCUT2D eigenvalue weighted by Crippen LogP contribution is 2.50. The number of benzene rings is 1. The number of methoxy groups -OCH3 is 2. The van der Waals surface area contributed by atoms with Crippen LogP contribution in [0.2, 0.25) is 0 Å². The second-order valence-electron chi connectivity index (χ2n) is 5.81.